The molecule has 0 aromatic heterocycles. The average molecular weight is 392 g/mol. The summed E-state index contributed by atoms with van der Waals surface area (Å²) in [7, 11) is 0. The summed E-state index contributed by atoms with van der Waals surface area (Å²) in [5, 5.41) is 20.6. The van der Waals surface area contributed by atoms with Crippen LogP contribution in [0.4, 0.5) is 0 Å². The first-order valence-electron chi connectivity index (χ1n) is 8.81. The molecule has 0 aliphatic heterocycles. The molecule has 10 heteroatoms. The van der Waals surface area contributed by atoms with E-state index in [1.807, 2.05) is 0 Å². The van der Waals surface area contributed by atoms with Gasteiger partial charge >= 0.3 is 5.97 Å². The molecule has 0 saturated heterocycles. The highest BCUT2D eigenvalue weighted by atomic mass is 32.2. The Morgan fingerprint density at radius 3 is 2.38 bits per heavy atom. The van der Waals surface area contributed by atoms with E-state index in [1.165, 1.54) is 0 Å². The summed E-state index contributed by atoms with van der Waals surface area (Å²) in [6.45, 7) is 2.06. The van der Waals surface area contributed by atoms with Gasteiger partial charge in [0.1, 0.15) is 6.04 Å². The Labute approximate surface area is 157 Å². The third-order valence-corrected chi connectivity index (χ3v) is 4.55. The van der Waals surface area contributed by atoms with E-state index in [9.17, 15) is 24.5 Å². The molecule has 0 bridgehead atoms. The molecular weight excluding hydrogens is 364 g/mol. The minimum Gasteiger partial charge on any atom is -0.480 e. The maximum Gasteiger partial charge on any atom is 0.327 e. The molecule has 0 rings (SSSR count). The summed E-state index contributed by atoms with van der Waals surface area (Å²) < 4.78 is 0. The van der Waals surface area contributed by atoms with E-state index in [4.69, 9.17) is 5.11 Å². The standard InChI is InChI=1S/C16H28N2O7S/c1-2-3-4-7-10-15(20)26-12-13(16(21)22)17-14(19)9-6-5-8-11-25-18(23)24/h13H,2-12H2,1H3,(H,17,19)(H,21,22). The van der Waals surface area contributed by atoms with Crippen molar-refractivity contribution in [1.82, 2.24) is 5.32 Å². The van der Waals surface area contributed by atoms with Gasteiger partial charge in [-0.25, -0.2) is 4.79 Å². The molecule has 1 amide bonds. The average Bonchev–Trinajstić information content (AvgIpc) is 2.58. The van der Waals surface area contributed by atoms with Crippen molar-refractivity contribution in [2.75, 3.05) is 12.4 Å². The first-order valence-corrected chi connectivity index (χ1v) is 9.80. The van der Waals surface area contributed by atoms with Crippen LogP contribution < -0.4 is 5.32 Å². The van der Waals surface area contributed by atoms with Crippen LogP contribution in [0.3, 0.4) is 0 Å². The molecule has 0 aliphatic rings. The number of carbonyl (C=O) groups is 3. The van der Waals surface area contributed by atoms with Crippen molar-refractivity contribution in [2.24, 2.45) is 0 Å². The van der Waals surface area contributed by atoms with Gasteiger partial charge in [0.2, 0.25) is 5.91 Å². The maximum absolute atomic E-state index is 11.8. The van der Waals surface area contributed by atoms with Crippen molar-refractivity contribution in [3.63, 3.8) is 0 Å². The maximum atomic E-state index is 11.8. The number of thioether (sulfide) groups is 1. The van der Waals surface area contributed by atoms with Crippen LogP contribution in [0.1, 0.15) is 64.7 Å². The highest BCUT2D eigenvalue weighted by molar-refractivity contribution is 8.13. The normalized spacial score (nSPS) is 11.6. The van der Waals surface area contributed by atoms with Gasteiger partial charge in [-0.05, 0) is 19.3 Å². The lowest BCUT2D eigenvalue weighted by Crippen LogP contribution is -2.42. The molecule has 0 heterocycles. The number of carbonyl (C=O) groups excluding carboxylic acids is 2. The van der Waals surface area contributed by atoms with Crippen LogP contribution in [0.25, 0.3) is 0 Å². The van der Waals surface area contributed by atoms with Crippen LogP contribution in [0.5, 0.6) is 0 Å². The van der Waals surface area contributed by atoms with Crippen molar-refractivity contribution in [1.29, 1.82) is 0 Å². The molecule has 1 unspecified atom stereocenters. The van der Waals surface area contributed by atoms with E-state index >= 15 is 0 Å². The number of hydrogen-bond donors (Lipinski definition) is 2. The zero-order chi connectivity index (χ0) is 19.8. The molecule has 0 saturated carbocycles. The molecule has 0 radical (unpaired) electrons. The fourth-order valence-electron chi connectivity index (χ4n) is 2.09. The second kappa shape index (κ2) is 15.4. The molecule has 0 spiro atoms. The highest BCUT2D eigenvalue weighted by Crippen LogP contribution is 2.12. The van der Waals surface area contributed by atoms with Gasteiger partial charge in [0, 0.05) is 18.6 Å². The van der Waals surface area contributed by atoms with E-state index in [0.29, 0.717) is 25.7 Å². The predicted molar refractivity (Wildman–Crippen MR) is 97.2 cm³/mol. The summed E-state index contributed by atoms with van der Waals surface area (Å²) in [4.78, 5) is 48.8. The molecule has 0 aromatic rings. The third-order valence-electron chi connectivity index (χ3n) is 3.52. The molecular formula is C16H28N2O7S. The quantitative estimate of drug-likeness (QED) is 0.232. The SMILES string of the molecule is CCCCCCC(=O)SCC(NC(=O)CCCCCO[N+](=O)[O-])C(=O)O. The Hall–Kier alpha value is -1.84. The number of aliphatic carboxylic acids is 1. The third kappa shape index (κ3) is 14.5. The number of amides is 1. The second-order valence-electron chi connectivity index (χ2n) is 5.82. The number of rotatable bonds is 16. The fourth-order valence-corrected chi connectivity index (χ4v) is 2.96. The van der Waals surface area contributed by atoms with E-state index in [0.717, 1.165) is 37.4 Å². The zero-order valence-corrected chi connectivity index (χ0v) is 15.9. The summed E-state index contributed by atoms with van der Waals surface area (Å²) in [5.41, 5.74) is 0. The number of hydrogen-bond acceptors (Lipinski definition) is 7. The lowest BCUT2D eigenvalue weighted by atomic mass is 10.2. The Morgan fingerprint density at radius 1 is 1.12 bits per heavy atom. The first-order chi connectivity index (χ1) is 12.4. The second-order valence-corrected chi connectivity index (χ2v) is 6.90. The molecule has 0 fully saturated rings. The van der Waals surface area contributed by atoms with Crippen molar-refractivity contribution in [3.05, 3.63) is 10.1 Å². The fraction of sp³-hybridized carbons (Fsp3) is 0.812. The first kappa shape index (κ1) is 24.2. The minimum absolute atomic E-state index is 0.00432. The molecule has 1 atom stereocenters. The lowest BCUT2D eigenvalue weighted by Gasteiger charge is -2.13. The van der Waals surface area contributed by atoms with Crippen molar-refractivity contribution < 1.29 is 29.4 Å². The van der Waals surface area contributed by atoms with Gasteiger partial charge < -0.3 is 15.3 Å². The number of carboxylic acid groups (broad SMARTS) is 1. The predicted octanol–water partition coefficient (Wildman–Crippen LogP) is 2.55. The van der Waals surface area contributed by atoms with Crippen LogP contribution in [0.15, 0.2) is 0 Å². The molecule has 150 valence electrons. The Kier molecular flexibility index (Phi) is 14.3. The highest BCUT2D eigenvalue weighted by Gasteiger charge is 2.21. The monoisotopic (exact) mass is 392 g/mol. The molecule has 9 nitrogen and oxygen atoms in total. The van der Waals surface area contributed by atoms with Crippen molar-refractivity contribution >= 4 is 28.8 Å². The largest absolute Gasteiger partial charge is 0.480 e. The molecule has 2 N–H and O–H groups in total. The van der Waals surface area contributed by atoms with E-state index in [1.54, 1.807) is 0 Å². The van der Waals surface area contributed by atoms with Crippen LogP contribution in [0.2, 0.25) is 0 Å². The van der Waals surface area contributed by atoms with Gasteiger partial charge in [0.15, 0.2) is 5.12 Å². The number of nitrogens with zero attached hydrogens (tertiary/aromatic N) is 1. The summed E-state index contributed by atoms with van der Waals surface area (Å²) in [6.07, 6.45) is 5.94. The van der Waals surface area contributed by atoms with Crippen LogP contribution in [-0.2, 0) is 19.2 Å². The topological polar surface area (TPSA) is 136 Å². The van der Waals surface area contributed by atoms with E-state index in [-0.39, 0.29) is 23.9 Å². The summed E-state index contributed by atoms with van der Waals surface area (Å²) >= 11 is 0.936. The number of carboxylic acids is 1. The van der Waals surface area contributed by atoms with Gasteiger partial charge in [-0.2, -0.15) is 0 Å². The Balaban J connectivity index is 3.95. The molecule has 26 heavy (non-hydrogen) atoms. The number of nitrogens with one attached hydrogen (secondary N) is 1. The summed E-state index contributed by atoms with van der Waals surface area (Å²) in [5.74, 6) is -1.59. The van der Waals surface area contributed by atoms with Gasteiger partial charge in [-0.1, -0.05) is 44.4 Å². The Morgan fingerprint density at radius 2 is 1.77 bits per heavy atom. The minimum atomic E-state index is -1.18. The van der Waals surface area contributed by atoms with Crippen LogP contribution in [-0.4, -0.2) is 45.6 Å². The van der Waals surface area contributed by atoms with Crippen molar-refractivity contribution in [2.45, 2.75) is 70.8 Å². The van der Waals surface area contributed by atoms with Crippen LogP contribution >= 0.6 is 11.8 Å². The summed E-state index contributed by atoms with van der Waals surface area (Å²) in [6, 6.07) is -1.11. The molecule has 0 aliphatic carbocycles. The van der Waals surface area contributed by atoms with E-state index < -0.39 is 23.0 Å². The Bertz CT molecular complexity index is 460. The zero-order valence-electron chi connectivity index (χ0n) is 15.1. The van der Waals surface area contributed by atoms with Gasteiger partial charge in [-0.3, -0.25) is 9.59 Å². The van der Waals surface area contributed by atoms with Crippen LogP contribution in [0, 0.1) is 10.1 Å². The number of unbranched alkanes of at least 4 members (excludes halogenated alkanes) is 5. The van der Waals surface area contributed by atoms with E-state index in [2.05, 4.69) is 17.1 Å². The van der Waals surface area contributed by atoms with Crippen molar-refractivity contribution in [3.8, 4) is 0 Å². The lowest BCUT2D eigenvalue weighted by molar-refractivity contribution is -0.757. The van der Waals surface area contributed by atoms with Gasteiger partial charge in [-0.15, -0.1) is 10.1 Å². The molecule has 0 aromatic carbocycles. The van der Waals surface area contributed by atoms with Gasteiger partial charge in [0.25, 0.3) is 5.09 Å². The van der Waals surface area contributed by atoms with Gasteiger partial charge in [0.05, 0.1) is 6.61 Å². The smallest absolute Gasteiger partial charge is 0.327 e.